The van der Waals surface area contributed by atoms with E-state index < -0.39 is 18.5 Å². The SMILES string of the molecule is COc1ccc(OC)c(C(=O)OCC(=O)Nc2ccc3c(c2)OCCCO3)c1. The summed E-state index contributed by atoms with van der Waals surface area (Å²) in [6.07, 6.45) is 0.792. The van der Waals surface area contributed by atoms with Crippen molar-refractivity contribution < 1.29 is 33.3 Å². The van der Waals surface area contributed by atoms with E-state index in [1.54, 1.807) is 30.3 Å². The van der Waals surface area contributed by atoms with Gasteiger partial charge in [-0.15, -0.1) is 0 Å². The van der Waals surface area contributed by atoms with Crippen LogP contribution in [-0.4, -0.2) is 45.9 Å². The van der Waals surface area contributed by atoms with Crippen molar-refractivity contribution in [1.29, 1.82) is 0 Å². The average molecular weight is 387 g/mol. The van der Waals surface area contributed by atoms with Gasteiger partial charge in [0, 0.05) is 18.2 Å². The molecule has 0 saturated carbocycles. The van der Waals surface area contributed by atoms with Crippen molar-refractivity contribution in [2.24, 2.45) is 0 Å². The third-order valence-corrected chi connectivity index (χ3v) is 3.99. The van der Waals surface area contributed by atoms with Gasteiger partial charge in [-0.1, -0.05) is 0 Å². The van der Waals surface area contributed by atoms with Crippen molar-refractivity contribution in [3.05, 3.63) is 42.0 Å². The number of anilines is 1. The minimum Gasteiger partial charge on any atom is -0.497 e. The Labute approximate surface area is 162 Å². The molecule has 1 heterocycles. The Kier molecular flexibility index (Phi) is 6.21. The third kappa shape index (κ3) is 4.64. The molecule has 28 heavy (non-hydrogen) atoms. The second kappa shape index (κ2) is 8.98. The van der Waals surface area contributed by atoms with Gasteiger partial charge in [-0.2, -0.15) is 0 Å². The quantitative estimate of drug-likeness (QED) is 0.762. The lowest BCUT2D eigenvalue weighted by atomic mass is 10.2. The zero-order chi connectivity index (χ0) is 19.9. The molecule has 0 saturated heterocycles. The molecule has 148 valence electrons. The Morgan fingerprint density at radius 3 is 2.54 bits per heavy atom. The molecule has 0 fully saturated rings. The van der Waals surface area contributed by atoms with E-state index in [-0.39, 0.29) is 5.56 Å². The maximum atomic E-state index is 12.3. The first kappa shape index (κ1) is 19.3. The monoisotopic (exact) mass is 387 g/mol. The zero-order valence-electron chi connectivity index (χ0n) is 15.7. The molecule has 0 aliphatic carbocycles. The van der Waals surface area contributed by atoms with E-state index >= 15 is 0 Å². The Morgan fingerprint density at radius 2 is 1.79 bits per heavy atom. The fourth-order valence-electron chi connectivity index (χ4n) is 2.62. The van der Waals surface area contributed by atoms with Crippen LogP contribution in [0.2, 0.25) is 0 Å². The number of fused-ring (bicyclic) bond motifs is 1. The molecule has 3 rings (SSSR count). The molecule has 1 N–H and O–H groups in total. The highest BCUT2D eigenvalue weighted by Gasteiger charge is 2.17. The predicted octanol–water partition coefficient (Wildman–Crippen LogP) is 2.66. The molecular weight excluding hydrogens is 366 g/mol. The molecule has 2 aromatic rings. The molecule has 0 aromatic heterocycles. The number of carbonyl (C=O) groups excluding carboxylic acids is 2. The number of hydrogen-bond donors (Lipinski definition) is 1. The van der Waals surface area contributed by atoms with E-state index in [2.05, 4.69) is 5.32 Å². The fourth-order valence-corrected chi connectivity index (χ4v) is 2.62. The van der Waals surface area contributed by atoms with Crippen molar-refractivity contribution in [1.82, 2.24) is 0 Å². The summed E-state index contributed by atoms with van der Waals surface area (Å²) >= 11 is 0. The number of ether oxygens (including phenoxy) is 5. The van der Waals surface area contributed by atoms with Gasteiger partial charge < -0.3 is 29.0 Å². The van der Waals surface area contributed by atoms with Crippen LogP contribution in [0.25, 0.3) is 0 Å². The lowest BCUT2D eigenvalue weighted by molar-refractivity contribution is -0.119. The molecule has 1 aliphatic heterocycles. The number of rotatable bonds is 6. The minimum absolute atomic E-state index is 0.172. The molecule has 0 bridgehead atoms. The van der Waals surface area contributed by atoms with E-state index in [0.29, 0.717) is 41.9 Å². The predicted molar refractivity (Wildman–Crippen MR) is 101 cm³/mol. The summed E-state index contributed by atoms with van der Waals surface area (Å²) in [5, 5.41) is 2.66. The number of nitrogens with one attached hydrogen (secondary N) is 1. The van der Waals surface area contributed by atoms with Crippen LogP contribution in [0.15, 0.2) is 36.4 Å². The highest BCUT2D eigenvalue weighted by atomic mass is 16.5. The third-order valence-electron chi connectivity index (χ3n) is 3.99. The smallest absolute Gasteiger partial charge is 0.342 e. The summed E-state index contributed by atoms with van der Waals surface area (Å²) in [4.78, 5) is 24.5. The summed E-state index contributed by atoms with van der Waals surface area (Å²) in [5.41, 5.74) is 0.689. The van der Waals surface area contributed by atoms with E-state index in [1.807, 2.05) is 0 Å². The average Bonchev–Trinajstić information content (AvgIpc) is 2.96. The van der Waals surface area contributed by atoms with Gasteiger partial charge >= 0.3 is 5.97 Å². The molecule has 2 aromatic carbocycles. The van der Waals surface area contributed by atoms with Gasteiger partial charge in [0.05, 0.1) is 27.4 Å². The van der Waals surface area contributed by atoms with E-state index in [4.69, 9.17) is 23.7 Å². The van der Waals surface area contributed by atoms with Crippen molar-refractivity contribution in [2.75, 3.05) is 39.4 Å². The molecule has 0 unspecified atom stereocenters. The summed E-state index contributed by atoms with van der Waals surface area (Å²) in [6, 6.07) is 9.83. The second-order valence-electron chi connectivity index (χ2n) is 5.90. The van der Waals surface area contributed by atoms with Gasteiger partial charge in [0.2, 0.25) is 0 Å². The number of carbonyl (C=O) groups is 2. The van der Waals surface area contributed by atoms with Crippen LogP contribution in [0.1, 0.15) is 16.8 Å². The Balaban J connectivity index is 1.60. The molecule has 0 radical (unpaired) electrons. The highest BCUT2D eigenvalue weighted by Crippen LogP contribution is 2.32. The summed E-state index contributed by atoms with van der Waals surface area (Å²) in [5.74, 6) is 0.827. The van der Waals surface area contributed by atoms with Crippen LogP contribution in [0.3, 0.4) is 0 Å². The maximum absolute atomic E-state index is 12.3. The number of benzene rings is 2. The van der Waals surface area contributed by atoms with Crippen molar-refractivity contribution in [2.45, 2.75) is 6.42 Å². The van der Waals surface area contributed by atoms with Gasteiger partial charge in [0.1, 0.15) is 17.1 Å². The topological polar surface area (TPSA) is 92.3 Å². The maximum Gasteiger partial charge on any atom is 0.342 e. The second-order valence-corrected chi connectivity index (χ2v) is 5.90. The molecule has 1 amide bonds. The Morgan fingerprint density at radius 1 is 1.00 bits per heavy atom. The van der Waals surface area contributed by atoms with Crippen LogP contribution in [0.4, 0.5) is 5.69 Å². The van der Waals surface area contributed by atoms with E-state index in [0.717, 1.165) is 6.42 Å². The van der Waals surface area contributed by atoms with Gasteiger partial charge in [-0.3, -0.25) is 4.79 Å². The lowest BCUT2D eigenvalue weighted by Gasteiger charge is -2.12. The number of methoxy groups -OCH3 is 2. The lowest BCUT2D eigenvalue weighted by Crippen LogP contribution is -2.21. The normalized spacial score (nSPS) is 12.5. The fraction of sp³-hybridized carbons (Fsp3) is 0.300. The van der Waals surface area contributed by atoms with Gasteiger partial charge in [-0.05, 0) is 30.3 Å². The van der Waals surface area contributed by atoms with Crippen LogP contribution in [-0.2, 0) is 9.53 Å². The standard InChI is InChI=1S/C20H21NO7/c1-24-14-5-7-16(25-2)15(11-14)20(23)28-12-19(22)21-13-4-6-17-18(10-13)27-9-3-8-26-17/h4-7,10-11H,3,8-9,12H2,1-2H3,(H,21,22). The highest BCUT2D eigenvalue weighted by molar-refractivity contribution is 5.97. The van der Waals surface area contributed by atoms with Gasteiger partial charge in [0.25, 0.3) is 5.91 Å². The molecule has 8 nitrogen and oxygen atoms in total. The first-order valence-electron chi connectivity index (χ1n) is 8.69. The van der Waals surface area contributed by atoms with Crippen molar-refractivity contribution in [3.8, 4) is 23.0 Å². The van der Waals surface area contributed by atoms with E-state index in [9.17, 15) is 9.59 Å². The first-order valence-corrected chi connectivity index (χ1v) is 8.69. The van der Waals surface area contributed by atoms with Crippen molar-refractivity contribution >= 4 is 17.6 Å². The van der Waals surface area contributed by atoms with Crippen LogP contribution in [0, 0.1) is 0 Å². The van der Waals surface area contributed by atoms with Crippen LogP contribution < -0.4 is 24.3 Å². The van der Waals surface area contributed by atoms with Gasteiger partial charge in [-0.25, -0.2) is 4.79 Å². The summed E-state index contributed by atoms with van der Waals surface area (Å²) < 4.78 is 26.5. The number of amides is 1. The molecule has 0 spiro atoms. The zero-order valence-corrected chi connectivity index (χ0v) is 15.7. The summed E-state index contributed by atoms with van der Waals surface area (Å²) in [6.45, 7) is 0.681. The molecule has 0 atom stereocenters. The van der Waals surface area contributed by atoms with Gasteiger partial charge in [0.15, 0.2) is 18.1 Å². The summed E-state index contributed by atoms with van der Waals surface area (Å²) in [7, 11) is 2.93. The van der Waals surface area contributed by atoms with Crippen LogP contribution >= 0.6 is 0 Å². The largest absolute Gasteiger partial charge is 0.497 e. The van der Waals surface area contributed by atoms with Crippen LogP contribution in [0.5, 0.6) is 23.0 Å². The molecular formula is C20H21NO7. The first-order chi connectivity index (χ1) is 13.6. The number of esters is 1. The van der Waals surface area contributed by atoms with E-state index in [1.165, 1.54) is 20.3 Å². The molecule has 1 aliphatic rings. The Hall–Kier alpha value is -3.42. The minimum atomic E-state index is -0.690. The number of hydrogen-bond acceptors (Lipinski definition) is 7. The van der Waals surface area contributed by atoms with Crippen molar-refractivity contribution in [3.63, 3.8) is 0 Å². The molecule has 8 heteroatoms. The Bertz CT molecular complexity index is 866.